The molecule has 0 aliphatic heterocycles. The summed E-state index contributed by atoms with van der Waals surface area (Å²) in [5.41, 5.74) is 6.95. The predicted molar refractivity (Wildman–Crippen MR) is 52.0 cm³/mol. The molecule has 0 aliphatic rings. The van der Waals surface area contributed by atoms with Crippen LogP contribution < -0.4 is 5.73 Å². The Bertz CT molecular complexity index is 202. The van der Waals surface area contributed by atoms with Crippen molar-refractivity contribution in [2.45, 2.75) is 26.2 Å². The Morgan fingerprint density at radius 3 is 2.67 bits per heavy atom. The van der Waals surface area contributed by atoms with Crippen LogP contribution in [0.1, 0.15) is 31.7 Å². The molecule has 1 atom stereocenters. The van der Waals surface area contributed by atoms with Gasteiger partial charge in [0, 0.05) is 12.4 Å². The van der Waals surface area contributed by atoms with Crippen molar-refractivity contribution in [3.8, 4) is 0 Å². The first-order chi connectivity index (χ1) is 5.75. The van der Waals surface area contributed by atoms with Gasteiger partial charge in [-0.15, -0.1) is 0 Å². The maximum absolute atomic E-state index is 5.56. The second-order valence-corrected chi connectivity index (χ2v) is 3.57. The van der Waals surface area contributed by atoms with Crippen LogP contribution in [0.2, 0.25) is 0 Å². The zero-order chi connectivity index (χ0) is 8.97. The van der Waals surface area contributed by atoms with E-state index < -0.39 is 0 Å². The molecule has 68 valence electrons. The third kappa shape index (κ3) is 2.11. The molecule has 0 fully saturated rings. The number of hydrogen-bond donors (Lipinski definition) is 2. The summed E-state index contributed by atoms with van der Waals surface area (Å²) in [4.78, 5) is 3.08. The van der Waals surface area contributed by atoms with E-state index in [4.69, 9.17) is 5.73 Å². The van der Waals surface area contributed by atoms with Crippen LogP contribution in [0.4, 0.5) is 0 Å². The van der Waals surface area contributed by atoms with Crippen molar-refractivity contribution < 1.29 is 0 Å². The van der Waals surface area contributed by atoms with Crippen LogP contribution in [-0.4, -0.2) is 11.5 Å². The van der Waals surface area contributed by atoms with Gasteiger partial charge in [-0.2, -0.15) is 0 Å². The molecule has 1 unspecified atom stereocenters. The summed E-state index contributed by atoms with van der Waals surface area (Å²) in [5, 5.41) is 0. The first-order valence-electron chi connectivity index (χ1n) is 4.58. The minimum atomic E-state index is 0.612. The molecule has 0 saturated carbocycles. The van der Waals surface area contributed by atoms with Crippen molar-refractivity contribution >= 4 is 0 Å². The lowest BCUT2D eigenvalue weighted by Gasteiger charge is -2.18. The van der Waals surface area contributed by atoms with Gasteiger partial charge in [0.05, 0.1) is 0 Å². The number of rotatable bonds is 4. The molecule has 0 radical (unpaired) electrons. The molecule has 2 heteroatoms. The van der Waals surface area contributed by atoms with Gasteiger partial charge in [-0.05, 0) is 36.4 Å². The van der Waals surface area contributed by atoms with Crippen LogP contribution in [0.15, 0.2) is 18.5 Å². The second kappa shape index (κ2) is 4.31. The zero-order valence-corrected chi connectivity index (χ0v) is 7.88. The third-order valence-electron chi connectivity index (χ3n) is 2.33. The Morgan fingerprint density at radius 1 is 1.50 bits per heavy atom. The predicted octanol–water partition coefficient (Wildman–Crippen LogP) is 2.10. The molecule has 12 heavy (non-hydrogen) atoms. The maximum Gasteiger partial charge on any atom is 0.00402 e. The van der Waals surface area contributed by atoms with Crippen LogP contribution in [0.5, 0.6) is 0 Å². The fourth-order valence-corrected chi connectivity index (χ4v) is 1.63. The van der Waals surface area contributed by atoms with Gasteiger partial charge in [0.1, 0.15) is 0 Å². The number of aromatic nitrogens is 1. The standard InChI is InChI=1S/C10H18N2/c1-8(2)10(3-5-11)9-4-6-12-7-9/h4,6-8,10,12H,3,5,11H2,1-2H3. The number of hydrogen-bond acceptors (Lipinski definition) is 1. The highest BCUT2D eigenvalue weighted by Gasteiger charge is 2.14. The monoisotopic (exact) mass is 166 g/mol. The summed E-state index contributed by atoms with van der Waals surface area (Å²) in [6.45, 7) is 5.26. The Hall–Kier alpha value is -0.760. The molecular weight excluding hydrogens is 148 g/mol. The average Bonchev–Trinajstić information content (AvgIpc) is 2.51. The molecule has 0 amide bonds. The molecule has 3 N–H and O–H groups in total. The fourth-order valence-electron chi connectivity index (χ4n) is 1.63. The zero-order valence-electron chi connectivity index (χ0n) is 7.88. The molecule has 0 spiro atoms. The Morgan fingerprint density at radius 2 is 2.25 bits per heavy atom. The molecule has 0 bridgehead atoms. The Kier molecular flexibility index (Phi) is 3.35. The molecule has 0 saturated heterocycles. The van der Waals surface area contributed by atoms with Gasteiger partial charge in [0.2, 0.25) is 0 Å². The van der Waals surface area contributed by atoms with Crippen molar-refractivity contribution in [2.75, 3.05) is 6.54 Å². The largest absolute Gasteiger partial charge is 0.367 e. The minimum absolute atomic E-state index is 0.612. The van der Waals surface area contributed by atoms with E-state index in [1.807, 2.05) is 6.20 Å². The van der Waals surface area contributed by atoms with Gasteiger partial charge in [-0.3, -0.25) is 0 Å². The summed E-state index contributed by atoms with van der Waals surface area (Å²) >= 11 is 0. The van der Waals surface area contributed by atoms with E-state index in [1.54, 1.807) is 0 Å². The lowest BCUT2D eigenvalue weighted by Crippen LogP contribution is -2.11. The number of H-pyrrole nitrogens is 1. The van der Waals surface area contributed by atoms with Crippen molar-refractivity contribution in [1.29, 1.82) is 0 Å². The Balaban J connectivity index is 2.66. The topological polar surface area (TPSA) is 41.8 Å². The first-order valence-corrected chi connectivity index (χ1v) is 4.58. The van der Waals surface area contributed by atoms with Crippen molar-refractivity contribution in [2.24, 2.45) is 11.7 Å². The minimum Gasteiger partial charge on any atom is -0.367 e. The maximum atomic E-state index is 5.56. The third-order valence-corrected chi connectivity index (χ3v) is 2.33. The summed E-state index contributed by atoms with van der Waals surface area (Å²) < 4.78 is 0. The summed E-state index contributed by atoms with van der Waals surface area (Å²) in [6, 6.07) is 2.14. The molecule has 1 rings (SSSR count). The normalized spacial score (nSPS) is 13.7. The first kappa shape index (κ1) is 9.33. The number of aromatic amines is 1. The van der Waals surface area contributed by atoms with Crippen LogP contribution in [0.25, 0.3) is 0 Å². The molecule has 0 aliphatic carbocycles. The van der Waals surface area contributed by atoms with Crippen LogP contribution >= 0.6 is 0 Å². The van der Waals surface area contributed by atoms with E-state index in [0.29, 0.717) is 11.8 Å². The molecule has 0 aromatic carbocycles. The molecule has 1 aromatic rings. The highest BCUT2D eigenvalue weighted by Crippen LogP contribution is 2.26. The van der Waals surface area contributed by atoms with Gasteiger partial charge in [0.25, 0.3) is 0 Å². The quantitative estimate of drug-likeness (QED) is 0.706. The van der Waals surface area contributed by atoms with Gasteiger partial charge in [-0.25, -0.2) is 0 Å². The molecule has 1 heterocycles. The van der Waals surface area contributed by atoms with Crippen LogP contribution in [0, 0.1) is 5.92 Å². The lowest BCUT2D eigenvalue weighted by molar-refractivity contribution is 0.474. The fraction of sp³-hybridized carbons (Fsp3) is 0.600. The van der Waals surface area contributed by atoms with E-state index in [1.165, 1.54) is 5.56 Å². The smallest absolute Gasteiger partial charge is 0.00402 e. The van der Waals surface area contributed by atoms with E-state index in [-0.39, 0.29) is 0 Å². The highest BCUT2D eigenvalue weighted by atomic mass is 14.6. The molecule has 1 aromatic heterocycles. The number of nitrogens with one attached hydrogen (secondary N) is 1. The van der Waals surface area contributed by atoms with Crippen LogP contribution in [0.3, 0.4) is 0 Å². The van der Waals surface area contributed by atoms with Crippen molar-refractivity contribution in [3.63, 3.8) is 0 Å². The SMILES string of the molecule is CC(C)C(CCN)c1cc[nH]c1. The highest BCUT2D eigenvalue weighted by molar-refractivity contribution is 5.15. The van der Waals surface area contributed by atoms with Gasteiger partial charge in [-0.1, -0.05) is 13.8 Å². The van der Waals surface area contributed by atoms with Gasteiger partial charge >= 0.3 is 0 Å². The number of nitrogens with two attached hydrogens (primary N) is 1. The van der Waals surface area contributed by atoms with Crippen molar-refractivity contribution in [1.82, 2.24) is 4.98 Å². The van der Waals surface area contributed by atoms with Gasteiger partial charge in [0.15, 0.2) is 0 Å². The average molecular weight is 166 g/mol. The summed E-state index contributed by atoms with van der Waals surface area (Å²) in [5.74, 6) is 1.28. The van der Waals surface area contributed by atoms with Crippen LogP contribution in [-0.2, 0) is 0 Å². The van der Waals surface area contributed by atoms with E-state index in [2.05, 4.69) is 31.1 Å². The molecule has 2 nitrogen and oxygen atoms in total. The lowest BCUT2D eigenvalue weighted by atomic mass is 9.87. The van der Waals surface area contributed by atoms with Gasteiger partial charge < -0.3 is 10.7 Å². The molecular formula is C10H18N2. The van der Waals surface area contributed by atoms with E-state index >= 15 is 0 Å². The van der Waals surface area contributed by atoms with E-state index in [9.17, 15) is 0 Å². The van der Waals surface area contributed by atoms with Crippen molar-refractivity contribution in [3.05, 3.63) is 24.0 Å². The Labute approximate surface area is 74.2 Å². The summed E-state index contributed by atoms with van der Waals surface area (Å²) in [7, 11) is 0. The summed E-state index contributed by atoms with van der Waals surface area (Å²) in [6.07, 6.45) is 5.12. The van der Waals surface area contributed by atoms with E-state index in [0.717, 1.165) is 13.0 Å². The second-order valence-electron chi connectivity index (χ2n) is 3.57.